The summed E-state index contributed by atoms with van der Waals surface area (Å²) in [6.07, 6.45) is 1.18. The van der Waals surface area contributed by atoms with Crippen molar-refractivity contribution in [2.45, 2.75) is 51.5 Å². The van der Waals surface area contributed by atoms with Crippen molar-refractivity contribution in [3.8, 4) is 0 Å². The zero-order chi connectivity index (χ0) is 15.6. The largest absolute Gasteiger partial charge is 0.444 e. The van der Waals surface area contributed by atoms with E-state index in [9.17, 15) is 9.59 Å². The second kappa shape index (κ2) is 5.68. The lowest BCUT2D eigenvalue weighted by Crippen LogP contribution is -2.67. The number of alkyl carbamates (subject to hydrolysis) is 1. The number of ether oxygens (including phenoxy) is 1. The van der Waals surface area contributed by atoms with Crippen LogP contribution in [0.15, 0.2) is 6.20 Å². The first kappa shape index (κ1) is 15.2. The number of nitrogens with zero attached hydrogens (tertiary/aromatic N) is 3. The highest BCUT2D eigenvalue weighted by atomic mass is 16.6. The van der Waals surface area contributed by atoms with E-state index in [1.165, 1.54) is 0 Å². The molecule has 0 bridgehead atoms. The Hall–Kier alpha value is -2.16. The molecule has 1 aliphatic heterocycles. The number of hydrogen-bond acceptors (Lipinski definition) is 6. The molecule has 21 heavy (non-hydrogen) atoms. The van der Waals surface area contributed by atoms with Crippen molar-refractivity contribution in [3.63, 3.8) is 0 Å². The van der Waals surface area contributed by atoms with Crippen molar-refractivity contribution in [1.29, 1.82) is 0 Å². The van der Waals surface area contributed by atoms with E-state index in [1.54, 1.807) is 31.6 Å². The maximum absolute atomic E-state index is 11.5. The van der Waals surface area contributed by atoms with Gasteiger partial charge in [0.05, 0.1) is 25.3 Å². The first-order valence-electron chi connectivity index (χ1n) is 6.66. The van der Waals surface area contributed by atoms with Crippen LogP contribution < -0.4 is 16.4 Å². The Morgan fingerprint density at radius 1 is 1.57 bits per heavy atom. The number of carbonyl (C=O) groups is 2. The van der Waals surface area contributed by atoms with E-state index in [-0.39, 0.29) is 18.5 Å². The van der Waals surface area contributed by atoms with E-state index < -0.39 is 17.7 Å². The van der Waals surface area contributed by atoms with Gasteiger partial charge in [0, 0.05) is 0 Å². The van der Waals surface area contributed by atoms with Crippen LogP contribution in [0.5, 0.6) is 0 Å². The summed E-state index contributed by atoms with van der Waals surface area (Å²) >= 11 is 0. The van der Waals surface area contributed by atoms with E-state index in [4.69, 9.17) is 10.5 Å². The molecule has 4 N–H and O–H groups in total. The first-order chi connectivity index (χ1) is 9.74. The molecule has 2 rings (SSSR count). The van der Waals surface area contributed by atoms with Crippen LogP contribution >= 0.6 is 0 Å². The number of rotatable bonds is 4. The molecule has 1 aliphatic rings. The van der Waals surface area contributed by atoms with Crippen molar-refractivity contribution in [3.05, 3.63) is 11.9 Å². The predicted molar refractivity (Wildman–Crippen MR) is 73.0 cm³/mol. The van der Waals surface area contributed by atoms with E-state index >= 15 is 0 Å². The van der Waals surface area contributed by atoms with Gasteiger partial charge in [-0.25, -0.2) is 4.79 Å². The molecule has 1 aromatic rings. The van der Waals surface area contributed by atoms with Crippen molar-refractivity contribution in [1.82, 2.24) is 25.6 Å². The highest BCUT2D eigenvalue weighted by Gasteiger charge is 2.36. The third kappa shape index (κ3) is 4.15. The molecule has 2 heterocycles. The Morgan fingerprint density at radius 2 is 2.29 bits per heavy atom. The quantitative estimate of drug-likeness (QED) is 0.620. The van der Waals surface area contributed by atoms with Crippen LogP contribution in [0, 0.1) is 0 Å². The summed E-state index contributed by atoms with van der Waals surface area (Å²) in [5.41, 5.74) is 5.69. The fourth-order valence-corrected chi connectivity index (χ4v) is 1.80. The van der Waals surface area contributed by atoms with Crippen LogP contribution in [0.4, 0.5) is 4.79 Å². The van der Waals surface area contributed by atoms with Gasteiger partial charge in [-0.05, 0) is 20.8 Å². The molecule has 9 heteroatoms. The average Bonchev–Trinajstić information content (AvgIpc) is 2.81. The number of amides is 2. The average molecular weight is 296 g/mol. The van der Waals surface area contributed by atoms with Gasteiger partial charge in [-0.1, -0.05) is 5.21 Å². The molecule has 0 aliphatic carbocycles. The van der Waals surface area contributed by atoms with Gasteiger partial charge in [-0.15, -0.1) is 5.10 Å². The third-order valence-corrected chi connectivity index (χ3v) is 2.85. The number of β-lactam (4-membered cyclic amide) rings is 1. The zero-order valence-electron chi connectivity index (χ0n) is 12.3. The molecule has 0 saturated carbocycles. The summed E-state index contributed by atoms with van der Waals surface area (Å²) in [4.78, 5) is 22.5. The number of nitrogens with two attached hydrogens (primary N) is 1. The van der Waals surface area contributed by atoms with Crippen LogP contribution in [0.3, 0.4) is 0 Å². The molecule has 2 amide bonds. The normalized spacial score (nSPS) is 21.4. The van der Waals surface area contributed by atoms with Crippen LogP contribution in [-0.2, 0) is 22.6 Å². The van der Waals surface area contributed by atoms with Gasteiger partial charge < -0.3 is 21.1 Å². The lowest BCUT2D eigenvalue weighted by molar-refractivity contribution is -0.130. The molecule has 1 saturated heterocycles. The van der Waals surface area contributed by atoms with Crippen LogP contribution in [0.2, 0.25) is 0 Å². The SMILES string of the molecule is CC(C)(C)OC(=O)NCc1cn(C[C@H]2NC(=O)[C@H]2N)nn1. The fourth-order valence-electron chi connectivity index (χ4n) is 1.80. The molecule has 0 unspecified atom stereocenters. The Labute approximate surface area is 122 Å². The van der Waals surface area contributed by atoms with E-state index in [0.717, 1.165) is 0 Å². The number of hydrogen-bond donors (Lipinski definition) is 3. The highest BCUT2D eigenvalue weighted by molar-refractivity contribution is 5.88. The Bertz CT molecular complexity index is 535. The standard InChI is InChI=1S/C12H20N6O3/c1-12(2,3)21-11(20)14-4-7-5-18(17-16-7)6-8-9(13)10(19)15-8/h5,8-9H,4,6,13H2,1-3H3,(H,14,20)(H,15,19)/t8-,9+/m1/s1. The summed E-state index contributed by atoms with van der Waals surface area (Å²) in [6, 6.07) is -0.636. The minimum Gasteiger partial charge on any atom is -0.444 e. The number of aromatic nitrogens is 3. The first-order valence-corrected chi connectivity index (χ1v) is 6.66. The minimum absolute atomic E-state index is 0.133. The predicted octanol–water partition coefficient (Wildman–Crippen LogP) is -0.871. The molecule has 9 nitrogen and oxygen atoms in total. The van der Waals surface area contributed by atoms with E-state index in [0.29, 0.717) is 12.2 Å². The van der Waals surface area contributed by atoms with Crippen molar-refractivity contribution < 1.29 is 14.3 Å². The van der Waals surface area contributed by atoms with Gasteiger partial charge in [0.2, 0.25) is 5.91 Å². The topological polar surface area (TPSA) is 124 Å². The maximum Gasteiger partial charge on any atom is 0.407 e. The Kier molecular flexibility index (Phi) is 4.12. The second-order valence-corrected chi connectivity index (χ2v) is 5.93. The molecule has 0 radical (unpaired) electrons. The monoisotopic (exact) mass is 296 g/mol. The fraction of sp³-hybridized carbons (Fsp3) is 0.667. The van der Waals surface area contributed by atoms with Crippen LogP contribution in [-0.4, -0.2) is 44.7 Å². The van der Waals surface area contributed by atoms with Crippen molar-refractivity contribution in [2.75, 3.05) is 0 Å². The van der Waals surface area contributed by atoms with Crippen molar-refractivity contribution in [2.24, 2.45) is 5.73 Å². The second-order valence-electron chi connectivity index (χ2n) is 5.93. The van der Waals surface area contributed by atoms with Gasteiger partial charge in [0.1, 0.15) is 17.3 Å². The molecule has 116 valence electrons. The van der Waals surface area contributed by atoms with E-state index in [1.807, 2.05) is 0 Å². The third-order valence-electron chi connectivity index (χ3n) is 2.85. The van der Waals surface area contributed by atoms with Gasteiger partial charge >= 0.3 is 6.09 Å². The zero-order valence-corrected chi connectivity index (χ0v) is 12.3. The number of carbonyl (C=O) groups excluding carboxylic acids is 2. The summed E-state index contributed by atoms with van der Waals surface area (Å²) in [6.45, 7) is 6.04. The number of nitrogens with one attached hydrogen (secondary N) is 2. The van der Waals surface area contributed by atoms with E-state index in [2.05, 4.69) is 20.9 Å². The lowest BCUT2D eigenvalue weighted by atomic mass is 10.0. The molecule has 0 spiro atoms. The molecular formula is C12H20N6O3. The lowest BCUT2D eigenvalue weighted by Gasteiger charge is -2.33. The minimum atomic E-state index is -0.541. The van der Waals surface area contributed by atoms with Crippen molar-refractivity contribution >= 4 is 12.0 Å². The van der Waals surface area contributed by atoms with Gasteiger partial charge in [0.15, 0.2) is 0 Å². The summed E-state index contributed by atoms with van der Waals surface area (Å²) < 4.78 is 6.69. The molecule has 2 atom stereocenters. The summed E-state index contributed by atoms with van der Waals surface area (Å²) in [5, 5.41) is 13.1. The molecule has 1 aromatic heterocycles. The molecule has 1 fully saturated rings. The molecule has 0 aromatic carbocycles. The Balaban J connectivity index is 1.78. The van der Waals surface area contributed by atoms with Gasteiger partial charge in [-0.2, -0.15) is 0 Å². The van der Waals surface area contributed by atoms with Crippen LogP contribution in [0.25, 0.3) is 0 Å². The molecular weight excluding hydrogens is 276 g/mol. The van der Waals surface area contributed by atoms with Crippen LogP contribution in [0.1, 0.15) is 26.5 Å². The smallest absolute Gasteiger partial charge is 0.407 e. The summed E-state index contributed by atoms with van der Waals surface area (Å²) in [5.74, 6) is -0.160. The Morgan fingerprint density at radius 3 is 2.86 bits per heavy atom. The van der Waals surface area contributed by atoms with Gasteiger partial charge in [-0.3, -0.25) is 9.48 Å². The van der Waals surface area contributed by atoms with Gasteiger partial charge in [0.25, 0.3) is 0 Å². The highest BCUT2D eigenvalue weighted by Crippen LogP contribution is 2.08. The summed E-state index contributed by atoms with van der Waals surface area (Å²) in [7, 11) is 0. The maximum atomic E-state index is 11.5.